The third-order valence-electron chi connectivity index (χ3n) is 2.85. The molecular weight excluding hydrogens is 230 g/mol. The van der Waals surface area contributed by atoms with Gasteiger partial charge in [0.15, 0.2) is 0 Å². The average molecular weight is 245 g/mol. The fourth-order valence-corrected chi connectivity index (χ4v) is 1.99. The molecule has 94 valence electrons. The van der Waals surface area contributed by atoms with Crippen molar-refractivity contribution in [3.63, 3.8) is 0 Å². The zero-order valence-corrected chi connectivity index (χ0v) is 9.82. The molecule has 1 unspecified atom stereocenters. The summed E-state index contributed by atoms with van der Waals surface area (Å²) in [7, 11) is 0. The Balaban J connectivity index is 2.44. The maximum atomic E-state index is 9.87. The second kappa shape index (κ2) is 5.51. The molecule has 2 aromatic rings. The summed E-state index contributed by atoms with van der Waals surface area (Å²) in [6.07, 6.45) is 2.10. The number of aliphatic hydroxyl groups is 1. The number of aromatic hydroxyl groups is 2. The fraction of sp³-hybridized carbons (Fsp3) is 0.214. The fourth-order valence-electron chi connectivity index (χ4n) is 1.99. The lowest BCUT2D eigenvalue weighted by atomic mass is 9.91. The number of aromatic nitrogens is 1. The second-order valence-corrected chi connectivity index (χ2v) is 4.06. The zero-order chi connectivity index (χ0) is 13.0. The van der Waals surface area contributed by atoms with Gasteiger partial charge in [-0.3, -0.25) is 4.98 Å². The Morgan fingerprint density at radius 1 is 1.11 bits per heavy atom. The third-order valence-corrected chi connectivity index (χ3v) is 2.85. The van der Waals surface area contributed by atoms with Crippen molar-refractivity contribution in [1.82, 2.24) is 4.98 Å². The van der Waals surface area contributed by atoms with Gasteiger partial charge in [0, 0.05) is 30.0 Å². The minimum atomic E-state index is -0.233. The van der Waals surface area contributed by atoms with E-state index < -0.39 is 0 Å². The largest absolute Gasteiger partial charge is 0.508 e. The predicted molar refractivity (Wildman–Crippen MR) is 67.6 cm³/mol. The molecule has 0 aliphatic rings. The first-order valence-corrected chi connectivity index (χ1v) is 5.76. The third kappa shape index (κ3) is 2.60. The summed E-state index contributed by atoms with van der Waals surface area (Å²) in [6.45, 7) is -0.0175. The lowest BCUT2D eigenvalue weighted by molar-refractivity contribution is 0.280. The van der Waals surface area contributed by atoms with Crippen LogP contribution in [0.25, 0.3) is 0 Å². The number of phenolic OH excluding ortho intramolecular Hbond substituents is 2. The van der Waals surface area contributed by atoms with Crippen LogP contribution in [0.15, 0.2) is 42.6 Å². The molecule has 3 N–H and O–H groups in total. The molecule has 0 aliphatic heterocycles. The number of phenols is 2. The summed E-state index contributed by atoms with van der Waals surface area (Å²) < 4.78 is 0. The van der Waals surface area contributed by atoms with Gasteiger partial charge in [-0.25, -0.2) is 0 Å². The smallest absolute Gasteiger partial charge is 0.119 e. The molecule has 1 atom stereocenters. The van der Waals surface area contributed by atoms with Gasteiger partial charge in [0.25, 0.3) is 0 Å². The van der Waals surface area contributed by atoms with Gasteiger partial charge in [-0.15, -0.1) is 0 Å². The molecule has 18 heavy (non-hydrogen) atoms. The molecule has 0 radical (unpaired) electrons. The highest BCUT2D eigenvalue weighted by Gasteiger charge is 2.18. The summed E-state index contributed by atoms with van der Waals surface area (Å²) in [6, 6.07) is 9.87. The van der Waals surface area contributed by atoms with Gasteiger partial charge in [-0.2, -0.15) is 0 Å². The molecule has 1 heterocycles. The topological polar surface area (TPSA) is 73.6 Å². The summed E-state index contributed by atoms with van der Waals surface area (Å²) in [5.74, 6) is -0.0538. The van der Waals surface area contributed by atoms with Crippen LogP contribution in [0.4, 0.5) is 0 Å². The molecule has 4 heteroatoms. The number of nitrogens with zero attached hydrogens (tertiary/aromatic N) is 1. The van der Waals surface area contributed by atoms with Gasteiger partial charge < -0.3 is 15.3 Å². The lowest BCUT2D eigenvalue weighted by Gasteiger charge is -2.17. The Hall–Kier alpha value is -2.07. The first kappa shape index (κ1) is 12.4. The van der Waals surface area contributed by atoms with Gasteiger partial charge in [0.05, 0.1) is 0 Å². The van der Waals surface area contributed by atoms with E-state index in [1.165, 1.54) is 18.2 Å². The number of hydrogen-bond acceptors (Lipinski definition) is 4. The van der Waals surface area contributed by atoms with E-state index in [9.17, 15) is 10.2 Å². The van der Waals surface area contributed by atoms with Crippen molar-refractivity contribution < 1.29 is 15.3 Å². The van der Waals surface area contributed by atoms with Gasteiger partial charge in [0.2, 0.25) is 0 Å². The van der Waals surface area contributed by atoms with Crippen molar-refractivity contribution in [2.24, 2.45) is 0 Å². The summed E-state index contributed by atoms with van der Waals surface area (Å²) >= 11 is 0. The summed E-state index contributed by atoms with van der Waals surface area (Å²) in [5.41, 5.74) is 1.33. The molecule has 1 aromatic heterocycles. The molecular formula is C14H15NO3. The van der Waals surface area contributed by atoms with E-state index >= 15 is 0 Å². The second-order valence-electron chi connectivity index (χ2n) is 4.06. The number of benzene rings is 1. The number of hydrogen-bond donors (Lipinski definition) is 3. The standard InChI is InChI=1S/C14H15NO3/c16-8-6-11(13-3-1-2-7-15-13)12-9-10(17)4-5-14(12)18/h1-5,7,9,11,16-18H,6,8H2. The van der Waals surface area contributed by atoms with Crippen molar-refractivity contribution >= 4 is 0 Å². The maximum absolute atomic E-state index is 9.87. The van der Waals surface area contributed by atoms with Crippen LogP contribution in [0.2, 0.25) is 0 Å². The van der Waals surface area contributed by atoms with Gasteiger partial charge in [0.1, 0.15) is 11.5 Å². The highest BCUT2D eigenvalue weighted by Crippen LogP contribution is 2.34. The van der Waals surface area contributed by atoms with Crippen LogP contribution in [-0.2, 0) is 0 Å². The van der Waals surface area contributed by atoms with E-state index in [0.717, 1.165) is 5.69 Å². The Bertz CT molecular complexity index is 514. The molecule has 0 saturated heterocycles. The van der Waals surface area contributed by atoms with Crippen molar-refractivity contribution in [3.05, 3.63) is 53.9 Å². The monoisotopic (exact) mass is 245 g/mol. The first-order chi connectivity index (χ1) is 8.72. The Morgan fingerprint density at radius 2 is 1.94 bits per heavy atom. The van der Waals surface area contributed by atoms with E-state index in [-0.39, 0.29) is 24.0 Å². The van der Waals surface area contributed by atoms with Gasteiger partial charge >= 0.3 is 0 Å². The van der Waals surface area contributed by atoms with Crippen LogP contribution < -0.4 is 0 Å². The van der Waals surface area contributed by atoms with Crippen LogP contribution in [0.1, 0.15) is 23.6 Å². The summed E-state index contributed by atoms with van der Waals surface area (Å²) in [5, 5.41) is 28.5. The Labute approximate surface area is 105 Å². The first-order valence-electron chi connectivity index (χ1n) is 5.76. The van der Waals surface area contributed by atoms with E-state index in [2.05, 4.69) is 4.98 Å². The highest BCUT2D eigenvalue weighted by atomic mass is 16.3. The molecule has 1 aromatic carbocycles. The molecule has 0 saturated carbocycles. The molecule has 0 fully saturated rings. The van der Waals surface area contributed by atoms with E-state index in [4.69, 9.17) is 5.11 Å². The molecule has 0 bridgehead atoms. The number of aliphatic hydroxyl groups excluding tert-OH is 1. The van der Waals surface area contributed by atoms with Crippen LogP contribution in [0.3, 0.4) is 0 Å². The van der Waals surface area contributed by atoms with Crippen molar-refractivity contribution in [2.45, 2.75) is 12.3 Å². The molecule has 0 spiro atoms. The molecule has 2 rings (SSSR count). The zero-order valence-electron chi connectivity index (χ0n) is 9.82. The molecule has 4 nitrogen and oxygen atoms in total. The normalized spacial score (nSPS) is 12.3. The molecule has 0 aliphatic carbocycles. The predicted octanol–water partition coefficient (Wildman–Crippen LogP) is 2.01. The quantitative estimate of drug-likeness (QED) is 0.720. The minimum absolute atomic E-state index is 0.0175. The van der Waals surface area contributed by atoms with Crippen LogP contribution in [0, 0.1) is 0 Å². The van der Waals surface area contributed by atoms with Crippen molar-refractivity contribution in [2.75, 3.05) is 6.61 Å². The highest BCUT2D eigenvalue weighted by molar-refractivity contribution is 5.44. The summed E-state index contributed by atoms with van der Waals surface area (Å²) in [4.78, 5) is 4.24. The number of pyridine rings is 1. The van der Waals surface area contributed by atoms with E-state index in [0.29, 0.717) is 12.0 Å². The SMILES string of the molecule is OCCC(c1ccccn1)c1cc(O)ccc1O. The van der Waals surface area contributed by atoms with Crippen molar-refractivity contribution in [3.8, 4) is 11.5 Å². The minimum Gasteiger partial charge on any atom is -0.508 e. The van der Waals surface area contributed by atoms with Gasteiger partial charge in [-0.1, -0.05) is 6.07 Å². The van der Waals surface area contributed by atoms with Crippen molar-refractivity contribution in [1.29, 1.82) is 0 Å². The van der Waals surface area contributed by atoms with E-state index in [1.807, 2.05) is 18.2 Å². The molecule has 0 amide bonds. The van der Waals surface area contributed by atoms with Crippen LogP contribution in [-0.4, -0.2) is 26.9 Å². The number of rotatable bonds is 4. The van der Waals surface area contributed by atoms with Crippen LogP contribution in [0.5, 0.6) is 11.5 Å². The maximum Gasteiger partial charge on any atom is 0.119 e. The van der Waals surface area contributed by atoms with Gasteiger partial charge in [-0.05, 0) is 36.8 Å². The Kier molecular flexibility index (Phi) is 3.79. The van der Waals surface area contributed by atoms with E-state index in [1.54, 1.807) is 6.20 Å². The lowest BCUT2D eigenvalue weighted by Crippen LogP contribution is -2.06. The van der Waals surface area contributed by atoms with Crippen LogP contribution >= 0.6 is 0 Å². The Morgan fingerprint density at radius 3 is 2.61 bits per heavy atom. The average Bonchev–Trinajstić information content (AvgIpc) is 2.40.